The molecular formula is C16H14F2N2O3S. The smallest absolute Gasteiger partial charge is 0.308 e. The summed E-state index contributed by atoms with van der Waals surface area (Å²) in [5.41, 5.74) is 0.813. The number of hydrogen-bond acceptors (Lipinski definition) is 5. The first-order valence-corrected chi connectivity index (χ1v) is 8.09. The van der Waals surface area contributed by atoms with Gasteiger partial charge in [0.2, 0.25) is 11.7 Å². The van der Waals surface area contributed by atoms with E-state index in [-0.39, 0.29) is 11.5 Å². The van der Waals surface area contributed by atoms with Crippen LogP contribution in [0.25, 0.3) is 10.6 Å². The summed E-state index contributed by atoms with van der Waals surface area (Å²) in [7, 11) is 0. The van der Waals surface area contributed by atoms with Gasteiger partial charge in [0.25, 0.3) is 0 Å². The van der Waals surface area contributed by atoms with E-state index in [1.807, 2.05) is 0 Å². The molecule has 24 heavy (non-hydrogen) atoms. The van der Waals surface area contributed by atoms with Crippen LogP contribution in [0.2, 0.25) is 0 Å². The summed E-state index contributed by atoms with van der Waals surface area (Å²) in [5.74, 6) is -3.54. The van der Waals surface area contributed by atoms with Crippen molar-refractivity contribution in [1.29, 1.82) is 0 Å². The number of esters is 1. The first kappa shape index (κ1) is 16.5. The van der Waals surface area contributed by atoms with Crippen LogP contribution in [0.1, 0.15) is 24.4 Å². The largest absolute Gasteiger partial charge is 0.423 e. The maximum Gasteiger partial charge on any atom is 0.308 e. The lowest BCUT2D eigenvalue weighted by Gasteiger charge is -2.24. The minimum atomic E-state index is -1.22. The van der Waals surface area contributed by atoms with E-state index in [9.17, 15) is 18.4 Å². The molecule has 1 aliphatic rings. The minimum absolute atomic E-state index is 0.0113. The van der Waals surface area contributed by atoms with Crippen molar-refractivity contribution in [3.05, 3.63) is 34.3 Å². The van der Waals surface area contributed by atoms with Crippen LogP contribution in [0, 0.1) is 11.6 Å². The Bertz CT molecular complexity index is 835. The van der Waals surface area contributed by atoms with E-state index in [2.05, 4.69) is 9.72 Å². The average molecular weight is 352 g/mol. The van der Waals surface area contributed by atoms with Gasteiger partial charge in [-0.1, -0.05) is 0 Å². The molecule has 1 aliphatic heterocycles. The second-order valence-corrected chi connectivity index (χ2v) is 6.50. The van der Waals surface area contributed by atoms with Crippen molar-refractivity contribution >= 4 is 23.2 Å². The number of halogens is 2. The van der Waals surface area contributed by atoms with E-state index >= 15 is 0 Å². The monoisotopic (exact) mass is 352 g/mol. The number of rotatable bonds is 2. The van der Waals surface area contributed by atoms with E-state index in [0.717, 1.165) is 17.5 Å². The second kappa shape index (κ2) is 6.27. The molecule has 1 aromatic carbocycles. The van der Waals surface area contributed by atoms with Crippen molar-refractivity contribution < 1.29 is 23.1 Å². The fourth-order valence-corrected chi connectivity index (χ4v) is 3.65. The molecule has 2 heterocycles. The van der Waals surface area contributed by atoms with Crippen LogP contribution in [0.4, 0.5) is 8.78 Å². The second-order valence-electron chi connectivity index (χ2n) is 5.41. The van der Waals surface area contributed by atoms with E-state index in [1.54, 1.807) is 4.90 Å². The van der Waals surface area contributed by atoms with E-state index < -0.39 is 23.4 Å². The van der Waals surface area contributed by atoms with Crippen molar-refractivity contribution in [2.45, 2.75) is 26.8 Å². The lowest BCUT2D eigenvalue weighted by molar-refractivity contribution is -0.132. The molecule has 2 aromatic rings. The summed E-state index contributed by atoms with van der Waals surface area (Å²) in [6, 6.07) is 2.54. The molecule has 5 nitrogen and oxygen atoms in total. The quantitative estimate of drug-likeness (QED) is 0.616. The molecule has 1 amide bonds. The Morgan fingerprint density at radius 2 is 2.00 bits per heavy atom. The van der Waals surface area contributed by atoms with Gasteiger partial charge in [-0.05, 0) is 12.1 Å². The van der Waals surface area contributed by atoms with Crippen molar-refractivity contribution in [3.8, 4) is 16.3 Å². The molecule has 0 unspecified atom stereocenters. The number of carbonyl (C=O) groups is 2. The summed E-state index contributed by atoms with van der Waals surface area (Å²) >= 11 is 1.23. The molecule has 0 N–H and O–H groups in total. The molecule has 0 aliphatic carbocycles. The average Bonchev–Trinajstić information content (AvgIpc) is 2.94. The third kappa shape index (κ3) is 3.01. The molecule has 0 saturated carbocycles. The lowest BCUT2D eigenvalue weighted by atomic mass is 10.1. The normalized spacial score (nSPS) is 13.6. The van der Waals surface area contributed by atoms with Crippen molar-refractivity contribution in [2.24, 2.45) is 0 Å². The molecule has 3 rings (SSSR count). The Balaban J connectivity index is 1.95. The molecule has 0 saturated heterocycles. The molecule has 0 fully saturated rings. The SMILES string of the molecule is CC(=O)Oc1ccc(-c2nc3c(s2)CN(C(C)=O)CC3)c(F)c1F. The predicted octanol–water partition coefficient (Wildman–Crippen LogP) is 2.92. The topological polar surface area (TPSA) is 59.5 Å². The molecule has 0 atom stereocenters. The van der Waals surface area contributed by atoms with Gasteiger partial charge in [0.05, 0.1) is 12.2 Å². The number of benzene rings is 1. The van der Waals surface area contributed by atoms with Crippen molar-refractivity contribution in [3.63, 3.8) is 0 Å². The van der Waals surface area contributed by atoms with Gasteiger partial charge in [0, 0.05) is 37.3 Å². The maximum atomic E-state index is 14.3. The van der Waals surface area contributed by atoms with Crippen molar-refractivity contribution in [1.82, 2.24) is 9.88 Å². The van der Waals surface area contributed by atoms with Crippen LogP contribution in [-0.4, -0.2) is 28.3 Å². The van der Waals surface area contributed by atoms with Gasteiger partial charge in [-0.2, -0.15) is 4.39 Å². The van der Waals surface area contributed by atoms with Gasteiger partial charge < -0.3 is 9.64 Å². The van der Waals surface area contributed by atoms with Crippen LogP contribution in [0.3, 0.4) is 0 Å². The summed E-state index contributed by atoms with van der Waals surface area (Å²) < 4.78 is 33.0. The molecular weight excluding hydrogens is 338 g/mol. The fourth-order valence-electron chi connectivity index (χ4n) is 2.51. The lowest BCUT2D eigenvalue weighted by Crippen LogP contribution is -2.33. The fraction of sp³-hybridized carbons (Fsp3) is 0.312. The number of carbonyl (C=O) groups excluding carboxylic acids is 2. The Hall–Kier alpha value is -2.35. The first-order chi connectivity index (χ1) is 11.4. The van der Waals surface area contributed by atoms with Gasteiger partial charge in [-0.3, -0.25) is 9.59 Å². The van der Waals surface area contributed by atoms with Gasteiger partial charge in [0.15, 0.2) is 11.6 Å². The summed E-state index contributed by atoms with van der Waals surface area (Å²) in [4.78, 5) is 29.3. The number of hydrogen-bond donors (Lipinski definition) is 0. The molecule has 1 aromatic heterocycles. The van der Waals surface area contributed by atoms with Gasteiger partial charge in [-0.25, -0.2) is 9.37 Å². The van der Waals surface area contributed by atoms with Gasteiger partial charge in [-0.15, -0.1) is 11.3 Å². The molecule has 0 radical (unpaired) electrons. The summed E-state index contributed by atoms with van der Waals surface area (Å²) in [5, 5.41) is 0.344. The molecule has 0 spiro atoms. The highest BCUT2D eigenvalue weighted by Crippen LogP contribution is 2.35. The first-order valence-electron chi connectivity index (χ1n) is 7.27. The standard InChI is InChI=1S/C16H14F2N2O3S/c1-8(21)20-6-5-11-13(7-20)24-16(19-11)10-3-4-12(23-9(2)22)15(18)14(10)17/h3-4H,5-7H2,1-2H3. The predicted molar refractivity (Wildman–Crippen MR) is 83.6 cm³/mol. The van der Waals surface area contributed by atoms with Crippen LogP contribution >= 0.6 is 11.3 Å². The molecule has 126 valence electrons. The van der Waals surface area contributed by atoms with E-state index in [1.165, 1.54) is 30.4 Å². The molecule has 8 heteroatoms. The zero-order valence-corrected chi connectivity index (χ0v) is 13.9. The number of thiazole rings is 1. The highest BCUT2D eigenvalue weighted by atomic mass is 32.1. The van der Waals surface area contributed by atoms with E-state index in [4.69, 9.17) is 0 Å². The highest BCUT2D eigenvalue weighted by Gasteiger charge is 2.25. The highest BCUT2D eigenvalue weighted by molar-refractivity contribution is 7.15. The number of amides is 1. The van der Waals surface area contributed by atoms with Gasteiger partial charge >= 0.3 is 5.97 Å². The number of ether oxygens (including phenoxy) is 1. The summed E-state index contributed by atoms with van der Waals surface area (Å²) in [6.07, 6.45) is 0.584. The third-order valence-electron chi connectivity index (χ3n) is 3.71. The molecule has 0 bridgehead atoms. The number of fused-ring (bicyclic) bond motifs is 1. The van der Waals surface area contributed by atoms with Crippen LogP contribution < -0.4 is 4.74 Å². The van der Waals surface area contributed by atoms with Crippen LogP contribution in [0.5, 0.6) is 5.75 Å². The van der Waals surface area contributed by atoms with Crippen LogP contribution in [0.15, 0.2) is 12.1 Å². The zero-order valence-electron chi connectivity index (χ0n) is 13.1. The number of aromatic nitrogens is 1. The number of nitrogens with zero attached hydrogens (tertiary/aromatic N) is 2. The Morgan fingerprint density at radius 1 is 1.25 bits per heavy atom. The minimum Gasteiger partial charge on any atom is -0.423 e. The Morgan fingerprint density at radius 3 is 2.67 bits per heavy atom. The van der Waals surface area contributed by atoms with Crippen LogP contribution in [-0.2, 0) is 22.6 Å². The van der Waals surface area contributed by atoms with E-state index in [0.29, 0.717) is 24.5 Å². The zero-order chi connectivity index (χ0) is 17.4. The Labute approximate surface area is 140 Å². The summed E-state index contributed by atoms with van der Waals surface area (Å²) in [6.45, 7) is 3.60. The third-order valence-corrected chi connectivity index (χ3v) is 4.82. The Kier molecular flexibility index (Phi) is 4.31. The maximum absolute atomic E-state index is 14.3. The van der Waals surface area contributed by atoms with Crippen molar-refractivity contribution in [2.75, 3.05) is 6.54 Å². The van der Waals surface area contributed by atoms with Gasteiger partial charge in [0.1, 0.15) is 5.01 Å².